The van der Waals surface area contributed by atoms with Gasteiger partial charge in [-0.1, -0.05) is 42.5 Å². The number of nitrogens with zero attached hydrogens (tertiary/aromatic N) is 1. The number of carbonyl (C=O) groups excluding carboxylic acids is 1. The number of benzene rings is 2. The van der Waals surface area contributed by atoms with Crippen LogP contribution in [0.2, 0.25) is 0 Å². The third-order valence-corrected chi connectivity index (χ3v) is 5.09. The Labute approximate surface area is 147 Å². The zero-order valence-corrected chi connectivity index (χ0v) is 14.1. The lowest BCUT2D eigenvalue weighted by molar-refractivity contribution is -0.131. The molecule has 3 atom stereocenters. The van der Waals surface area contributed by atoms with Gasteiger partial charge in [0.15, 0.2) is 0 Å². The van der Waals surface area contributed by atoms with Crippen molar-refractivity contribution in [1.29, 1.82) is 0 Å². The van der Waals surface area contributed by atoms with E-state index in [9.17, 15) is 9.18 Å². The summed E-state index contributed by atoms with van der Waals surface area (Å²) in [4.78, 5) is 14.9. The summed E-state index contributed by atoms with van der Waals surface area (Å²) in [6, 6.07) is 16.2. The summed E-state index contributed by atoms with van der Waals surface area (Å²) in [5, 5.41) is 0. The van der Waals surface area contributed by atoms with E-state index in [4.69, 9.17) is 11.5 Å². The van der Waals surface area contributed by atoms with Gasteiger partial charge < -0.3 is 16.4 Å². The molecular formula is C20H24FN3O. The predicted octanol–water partition coefficient (Wildman–Crippen LogP) is 2.07. The Balaban J connectivity index is 1.78. The molecular weight excluding hydrogens is 317 g/mol. The summed E-state index contributed by atoms with van der Waals surface area (Å²) in [5.41, 5.74) is 13.8. The van der Waals surface area contributed by atoms with E-state index >= 15 is 0 Å². The summed E-state index contributed by atoms with van der Waals surface area (Å²) in [5.74, 6) is -0.306. The van der Waals surface area contributed by atoms with Crippen LogP contribution in [0.15, 0.2) is 54.6 Å². The number of rotatable bonds is 5. The lowest BCUT2D eigenvalue weighted by Gasteiger charge is -2.23. The Morgan fingerprint density at radius 1 is 1.08 bits per heavy atom. The van der Waals surface area contributed by atoms with Crippen molar-refractivity contribution in [2.75, 3.05) is 26.2 Å². The molecule has 2 aromatic carbocycles. The number of nitrogens with two attached hydrogens (primary N) is 2. The predicted molar refractivity (Wildman–Crippen MR) is 96.5 cm³/mol. The van der Waals surface area contributed by atoms with Crippen LogP contribution in [0.1, 0.15) is 23.0 Å². The zero-order valence-electron chi connectivity index (χ0n) is 14.1. The van der Waals surface area contributed by atoms with E-state index in [0.717, 1.165) is 5.56 Å². The highest BCUT2D eigenvalue weighted by molar-refractivity contribution is 5.84. The minimum Gasteiger partial charge on any atom is -0.341 e. The second-order valence-corrected chi connectivity index (χ2v) is 6.60. The largest absolute Gasteiger partial charge is 0.341 e. The van der Waals surface area contributed by atoms with Crippen LogP contribution >= 0.6 is 0 Å². The van der Waals surface area contributed by atoms with E-state index in [0.29, 0.717) is 19.6 Å². The first-order valence-electron chi connectivity index (χ1n) is 8.63. The zero-order chi connectivity index (χ0) is 17.8. The first-order chi connectivity index (χ1) is 12.1. The van der Waals surface area contributed by atoms with Gasteiger partial charge in [0.05, 0.1) is 5.92 Å². The van der Waals surface area contributed by atoms with Gasteiger partial charge in [-0.3, -0.25) is 4.79 Å². The van der Waals surface area contributed by atoms with Crippen molar-refractivity contribution < 1.29 is 9.18 Å². The quantitative estimate of drug-likeness (QED) is 0.874. The van der Waals surface area contributed by atoms with E-state index in [1.165, 1.54) is 17.7 Å². The molecule has 25 heavy (non-hydrogen) atoms. The molecule has 0 radical (unpaired) electrons. The first kappa shape index (κ1) is 17.6. The number of halogens is 1. The molecule has 1 aliphatic heterocycles. The van der Waals surface area contributed by atoms with Gasteiger partial charge in [0, 0.05) is 25.6 Å². The van der Waals surface area contributed by atoms with E-state index in [2.05, 4.69) is 12.1 Å². The van der Waals surface area contributed by atoms with Crippen LogP contribution in [-0.4, -0.2) is 37.0 Å². The average Bonchev–Trinajstić information content (AvgIpc) is 3.09. The topological polar surface area (TPSA) is 72.4 Å². The molecule has 4 nitrogen and oxygen atoms in total. The van der Waals surface area contributed by atoms with E-state index in [1.807, 2.05) is 23.1 Å². The molecule has 0 spiro atoms. The molecule has 132 valence electrons. The monoisotopic (exact) mass is 341 g/mol. The van der Waals surface area contributed by atoms with Crippen LogP contribution in [0, 0.1) is 11.7 Å². The summed E-state index contributed by atoms with van der Waals surface area (Å²) in [6.45, 7) is 2.01. The normalized spacial score (nSPS) is 21.3. The maximum Gasteiger partial charge on any atom is 0.231 e. The lowest BCUT2D eigenvalue weighted by Crippen LogP contribution is -2.37. The molecule has 1 aliphatic rings. The third-order valence-electron chi connectivity index (χ3n) is 5.09. The van der Waals surface area contributed by atoms with E-state index < -0.39 is 5.92 Å². The molecule has 0 aromatic heterocycles. The number of hydrogen-bond donors (Lipinski definition) is 2. The van der Waals surface area contributed by atoms with E-state index in [1.54, 1.807) is 12.1 Å². The van der Waals surface area contributed by atoms with Crippen molar-refractivity contribution in [2.45, 2.75) is 11.8 Å². The number of hydrogen-bond acceptors (Lipinski definition) is 3. The highest BCUT2D eigenvalue weighted by atomic mass is 19.1. The fraction of sp³-hybridized carbons (Fsp3) is 0.350. The van der Waals surface area contributed by atoms with Crippen LogP contribution in [0.5, 0.6) is 0 Å². The molecule has 1 unspecified atom stereocenters. The molecule has 3 rings (SSSR count). The Hall–Kier alpha value is -2.24. The lowest BCUT2D eigenvalue weighted by atomic mass is 9.89. The van der Waals surface area contributed by atoms with Crippen LogP contribution in [0.4, 0.5) is 4.39 Å². The molecule has 0 bridgehead atoms. The highest BCUT2D eigenvalue weighted by Gasteiger charge is 2.37. The smallest absolute Gasteiger partial charge is 0.231 e. The molecule has 1 heterocycles. The van der Waals surface area contributed by atoms with Crippen LogP contribution < -0.4 is 11.5 Å². The second-order valence-electron chi connectivity index (χ2n) is 6.60. The Morgan fingerprint density at radius 2 is 1.76 bits per heavy atom. The third kappa shape index (κ3) is 3.72. The van der Waals surface area contributed by atoms with Crippen molar-refractivity contribution in [3.63, 3.8) is 0 Å². The highest BCUT2D eigenvalue weighted by Crippen LogP contribution is 2.33. The van der Waals surface area contributed by atoms with Gasteiger partial charge in [0.25, 0.3) is 0 Å². The Morgan fingerprint density at radius 3 is 2.36 bits per heavy atom. The van der Waals surface area contributed by atoms with Gasteiger partial charge in [-0.15, -0.1) is 0 Å². The SMILES string of the molecule is NCC(C(=O)N1C[C@@H](CN)[C@H](c2ccccc2)C1)c1ccc(F)cc1. The molecule has 0 aliphatic carbocycles. The molecule has 2 aromatic rings. The Kier molecular flexibility index (Phi) is 5.46. The van der Waals surface area contributed by atoms with Crippen molar-refractivity contribution in [3.05, 3.63) is 71.5 Å². The standard InChI is InChI=1S/C20H24FN3O/c21-17-8-6-15(7-9-17)18(11-23)20(25)24-12-16(10-22)19(13-24)14-4-2-1-3-5-14/h1-9,16,18-19H,10-13,22-23H2/t16-,18?,19+/m1/s1. The minimum atomic E-state index is -0.450. The summed E-state index contributed by atoms with van der Waals surface area (Å²) >= 11 is 0. The van der Waals surface area contributed by atoms with Crippen LogP contribution in [0.3, 0.4) is 0 Å². The van der Waals surface area contributed by atoms with E-state index in [-0.39, 0.29) is 30.1 Å². The molecule has 5 heteroatoms. The first-order valence-corrected chi connectivity index (χ1v) is 8.63. The van der Waals surface area contributed by atoms with Gasteiger partial charge >= 0.3 is 0 Å². The Bertz CT molecular complexity index is 705. The summed E-state index contributed by atoms with van der Waals surface area (Å²) in [7, 11) is 0. The van der Waals surface area contributed by atoms with Gasteiger partial charge in [0.2, 0.25) is 5.91 Å². The number of amides is 1. The van der Waals surface area contributed by atoms with Gasteiger partial charge in [0.1, 0.15) is 5.82 Å². The van der Waals surface area contributed by atoms with Crippen LogP contribution in [0.25, 0.3) is 0 Å². The maximum atomic E-state index is 13.2. The number of likely N-dealkylation sites (tertiary alicyclic amines) is 1. The average molecular weight is 341 g/mol. The van der Waals surface area contributed by atoms with Gasteiger partial charge in [-0.05, 0) is 35.7 Å². The maximum absolute atomic E-state index is 13.2. The molecule has 1 saturated heterocycles. The molecule has 4 N–H and O–H groups in total. The molecule has 1 amide bonds. The summed E-state index contributed by atoms with van der Waals surface area (Å²) in [6.07, 6.45) is 0. The molecule has 1 fully saturated rings. The number of carbonyl (C=O) groups is 1. The van der Waals surface area contributed by atoms with Crippen molar-refractivity contribution in [3.8, 4) is 0 Å². The minimum absolute atomic E-state index is 0.00834. The molecule has 0 saturated carbocycles. The van der Waals surface area contributed by atoms with Crippen LogP contribution in [-0.2, 0) is 4.79 Å². The van der Waals surface area contributed by atoms with Gasteiger partial charge in [-0.2, -0.15) is 0 Å². The fourth-order valence-corrected chi connectivity index (χ4v) is 3.66. The van der Waals surface area contributed by atoms with Crippen molar-refractivity contribution in [1.82, 2.24) is 4.90 Å². The fourth-order valence-electron chi connectivity index (χ4n) is 3.66. The van der Waals surface area contributed by atoms with Crippen molar-refractivity contribution in [2.24, 2.45) is 17.4 Å². The second kappa shape index (κ2) is 7.76. The summed E-state index contributed by atoms with van der Waals surface area (Å²) < 4.78 is 13.2. The van der Waals surface area contributed by atoms with Gasteiger partial charge in [-0.25, -0.2) is 4.39 Å². The van der Waals surface area contributed by atoms with Crippen molar-refractivity contribution >= 4 is 5.91 Å².